The number of aliphatic hydroxyl groups excluding tert-OH is 1. The quantitative estimate of drug-likeness (QED) is 0.785. The summed E-state index contributed by atoms with van der Waals surface area (Å²) in [5.74, 6) is -0.590. The van der Waals surface area contributed by atoms with Gasteiger partial charge in [0.25, 0.3) is 0 Å². The molecule has 0 saturated carbocycles. The minimum Gasteiger partial charge on any atom is -0.496 e. The number of carbonyl (C=O) groups is 1. The average molecular weight is 301 g/mol. The lowest BCUT2D eigenvalue weighted by Crippen LogP contribution is -2.25. The molecule has 0 bridgehead atoms. The Bertz CT molecular complexity index is 447. The molecule has 0 aliphatic rings. The van der Waals surface area contributed by atoms with Crippen LogP contribution in [0.15, 0.2) is 18.2 Å². The molecule has 0 aromatic heterocycles. The summed E-state index contributed by atoms with van der Waals surface area (Å²) in [6, 6.07) is 5.10. The van der Waals surface area contributed by atoms with E-state index in [1.807, 2.05) is 6.92 Å². The van der Waals surface area contributed by atoms with Crippen LogP contribution in [0.25, 0.3) is 0 Å². The van der Waals surface area contributed by atoms with Gasteiger partial charge < -0.3 is 14.6 Å². The first-order valence-electron chi connectivity index (χ1n) is 6.73. The lowest BCUT2D eigenvalue weighted by Gasteiger charge is -2.23. The number of carbonyl (C=O) groups excluding carboxylic acids is 1. The Hall–Kier alpha value is -1.26. The predicted molar refractivity (Wildman–Crippen MR) is 78.0 cm³/mol. The van der Waals surface area contributed by atoms with Crippen molar-refractivity contribution in [3.05, 3.63) is 28.8 Å². The molecule has 0 heterocycles. The Kier molecular flexibility index (Phi) is 6.82. The molecule has 0 amide bonds. The SMILES string of the molecule is CCCC(C(=O)OCC)C(O)c1c(Cl)cccc1OC. The second-order valence-electron chi connectivity index (χ2n) is 4.45. The van der Waals surface area contributed by atoms with Crippen molar-refractivity contribution >= 4 is 17.6 Å². The number of hydrogen-bond acceptors (Lipinski definition) is 4. The van der Waals surface area contributed by atoms with Crippen LogP contribution in [0.5, 0.6) is 5.75 Å². The fourth-order valence-electron chi connectivity index (χ4n) is 2.15. The summed E-state index contributed by atoms with van der Waals surface area (Å²) in [5, 5.41) is 10.9. The molecule has 0 fully saturated rings. The number of rotatable bonds is 7. The van der Waals surface area contributed by atoms with Crippen LogP contribution < -0.4 is 4.74 Å². The number of methoxy groups -OCH3 is 1. The number of halogens is 1. The molecule has 1 rings (SSSR count). The van der Waals surface area contributed by atoms with Gasteiger partial charge in [-0.25, -0.2) is 0 Å². The number of esters is 1. The van der Waals surface area contributed by atoms with Crippen molar-refractivity contribution in [3.8, 4) is 5.75 Å². The Morgan fingerprint density at radius 2 is 2.10 bits per heavy atom. The lowest BCUT2D eigenvalue weighted by molar-refractivity contribution is -0.152. The highest BCUT2D eigenvalue weighted by Crippen LogP contribution is 2.37. The Morgan fingerprint density at radius 1 is 1.40 bits per heavy atom. The first-order valence-corrected chi connectivity index (χ1v) is 7.11. The van der Waals surface area contributed by atoms with Crippen LogP contribution in [0.4, 0.5) is 0 Å². The van der Waals surface area contributed by atoms with Gasteiger partial charge in [-0.1, -0.05) is 31.0 Å². The van der Waals surface area contributed by atoms with E-state index in [4.69, 9.17) is 21.1 Å². The molecule has 1 N–H and O–H groups in total. The maximum absolute atomic E-state index is 12.0. The zero-order chi connectivity index (χ0) is 15.1. The van der Waals surface area contributed by atoms with Crippen LogP contribution in [0.3, 0.4) is 0 Å². The van der Waals surface area contributed by atoms with E-state index in [2.05, 4.69) is 0 Å². The Morgan fingerprint density at radius 3 is 2.65 bits per heavy atom. The second kappa shape index (κ2) is 8.12. The molecular weight excluding hydrogens is 280 g/mol. The van der Waals surface area contributed by atoms with Crippen molar-refractivity contribution in [2.45, 2.75) is 32.8 Å². The normalized spacial score (nSPS) is 13.7. The third-order valence-electron chi connectivity index (χ3n) is 3.10. The van der Waals surface area contributed by atoms with Crippen molar-refractivity contribution in [1.82, 2.24) is 0 Å². The van der Waals surface area contributed by atoms with E-state index in [0.717, 1.165) is 6.42 Å². The van der Waals surface area contributed by atoms with E-state index in [0.29, 0.717) is 22.8 Å². The van der Waals surface area contributed by atoms with Gasteiger partial charge in [0.15, 0.2) is 0 Å². The first-order chi connectivity index (χ1) is 9.56. The largest absolute Gasteiger partial charge is 0.496 e. The number of aliphatic hydroxyl groups is 1. The van der Waals surface area contributed by atoms with E-state index in [9.17, 15) is 9.90 Å². The van der Waals surface area contributed by atoms with Gasteiger partial charge in [-0.05, 0) is 25.5 Å². The van der Waals surface area contributed by atoms with Crippen molar-refractivity contribution in [3.63, 3.8) is 0 Å². The zero-order valence-electron chi connectivity index (χ0n) is 12.1. The molecule has 2 atom stereocenters. The Labute approximate surface area is 124 Å². The third kappa shape index (κ3) is 3.87. The summed E-state index contributed by atoms with van der Waals surface area (Å²) in [5.41, 5.74) is 0.433. The summed E-state index contributed by atoms with van der Waals surface area (Å²) in [6.07, 6.45) is 0.236. The lowest BCUT2D eigenvalue weighted by atomic mass is 9.91. The molecule has 1 aromatic carbocycles. The molecule has 112 valence electrons. The van der Waals surface area contributed by atoms with E-state index < -0.39 is 18.0 Å². The molecule has 2 unspecified atom stereocenters. The molecular formula is C15H21ClO4. The molecule has 0 aliphatic carbocycles. The van der Waals surface area contributed by atoms with Crippen molar-refractivity contribution < 1.29 is 19.4 Å². The number of hydrogen-bond donors (Lipinski definition) is 1. The molecule has 1 aromatic rings. The summed E-state index contributed by atoms with van der Waals surface area (Å²) in [6.45, 7) is 3.97. The molecule has 0 radical (unpaired) electrons. The van der Waals surface area contributed by atoms with Gasteiger partial charge in [0, 0.05) is 5.56 Å². The molecule has 0 spiro atoms. The topological polar surface area (TPSA) is 55.8 Å². The van der Waals surface area contributed by atoms with Gasteiger partial charge in [0.1, 0.15) is 5.75 Å². The van der Waals surface area contributed by atoms with Crippen LogP contribution in [-0.2, 0) is 9.53 Å². The first kappa shape index (κ1) is 16.8. The minimum absolute atomic E-state index is 0.283. The van der Waals surface area contributed by atoms with Gasteiger partial charge >= 0.3 is 5.97 Å². The molecule has 4 nitrogen and oxygen atoms in total. The molecule has 0 saturated heterocycles. The van der Waals surface area contributed by atoms with Crippen LogP contribution in [0, 0.1) is 5.92 Å². The fraction of sp³-hybridized carbons (Fsp3) is 0.533. The highest BCUT2D eigenvalue weighted by atomic mass is 35.5. The van der Waals surface area contributed by atoms with Crippen LogP contribution in [-0.4, -0.2) is 24.8 Å². The third-order valence-corrected chi connectivity index (χ3v) is 3.43. The highest BCUT2D eigenvalue weighted by molar-refractivity contribution is 6.31. The maximum atomic E-state index is 12.0. The number of ether oxygens (including phenoxy) is 2. The molecule has 0 aliphatic heterocycles. The van der Waals surface area contributed by atoms with Gasteiger partial charge in [-0.2, -0.15) is 0 Å². The van der Waals surface area contributed by atoms with Crippen molar-refractivity contribution in [2.24, 2.45) is 5.92 Å². The van der Waals surface area contributed by atoms with Gasteiger partial charge in [-0.15, -0.1) is 0 Å². The minimum atomic E-state index is -1.04. The van der Waals surface area contributed by atoms with Crippen LogP contribution >= 0.6 is 11.6 Å². The smallest absolute Gasteiger partial charge is 0.311 e. The molecule has 5 heteroatoms. The highest BCUT2D eigenvalue weighted by Gasteiger charge is 2.31. The van der Waals surface area contributed by atoms with Gasteiger partial charge in [0.05, 0.1) is 30.8 Å². The molecule has 20 heavy (non-hydrogen) atoms. The van der Waals surface area contributed by atoms with Crippen molar-refractivity contribution in [2.75, 3.05) is 13.7 Å². The summed E-state index contributed by atoms with van der Waals surface area (Å²) >= 11 is 6.14. The van der Waals surface area contributed by atoms with E-state index in [1.54, 1.807) is 25.1 Å². The second-order valence-corrected chi connectivity index (χ2v) is 4.86. The predicted octanol–water partition coefficient (Wildman–Crippen LogP) is 3.36. The van der Waals surface area contributed by atoms with Crippen molar-refractivity contribution in [1.29, 1.82) is 0 Å². The Balaban J connectivity index is 3.11. The van der Waals surface area contributed by atoms with Crippen LogP contribution in [0.1, 0.15) is 38.4 Å². The average Bonchev–Trinajstić information content (AvgIpc) is 2.43. The monoisotopic (exact) mass is 300 g/mol. The van der Waals surface area contributed by atoms with E-state index >= 15 is 0 Å². The summed E-state index contributed by atoms with van der Waals surface area (Å²) in [7, 11) is 1.50. The fourth-order valence-corrected chi connectivity index (χ4v) is 2.43. The van der Waals surface area contributed by atoms with Crippen LogP contribution in [0.2, 0.25) is 5.02 Å². The zero-order valence-corrected chi connectivity index (χ0v) is 12.8. The van der Waals surface area contributed by atoms with Gasteiger partial charge in [0.2, 0.25) is 0 Å². The van der Waals surface area contributed by atoms with E-state index in [-0.39, 0.29) is 6.61 Å². The standard InChI is InChI=1S/C15H21ClO4/c1-4-7-10(15(18)20-5-2)14(17)13-11(16)8-6-9-12(13)19-3/h6,8-10,14,17H,4-5,7H2,1-3H3. The summed E-state index contributed by atoms with van der Waals surface area (Å²) < 4.78 is 10.2. The number of benzene rings is 1. The van der Waals surface area contributed by atoms with E-state index in [1.165, 1.54) is 7.11 Å². The maximum Gasteiger partial charge on any atom is 0.311 e. The summed E-state index contributed by atoms with van der Waals surface area (Å²) in [4.78, 5) is 12.0. The van der Waals surface area contributed by atoms with Gasteiger partial charge in [-0.3, -0.25) is 4.79 Å².